The normalized spacial score (nSPS) is 17.4. The van der Waals surface area contributed by atoms with Gasteiger partial charge in [-0.05, 0) is 42.1 Å². The zero-order chi connectivity index (χ0) is 15.2. The van der Waals surface area contributed by atoms with E-state index in [2.05, 4.69) is 20.3 Å². The Morgan fingerprint density at radius 3 is 2.71 bits per heavy atom. The molecular formula is C12H12N4O5. The Labute approximate surface area is 118 Å². The van der Waals surface area contributed by atoms with Crippen LogP contribution in [0.4, 0.5) is 11.4 Å². The van der Waals surface area contributed by atoms with Crippen molar-refractivity contribution in [2.45, 2.75) is 25.3 Å². The molecule has 0 amide bonds. The molecule has 110 valence electrons. The van der Waals surface area contributed by atoms with Gasteiger partial charge in [0, 0.05) is 6.07 Å². The van der Waals surface area contributed by atoms with Crippen molar-refractivity contribution in [3.63, 3.8) is 0 Å². The first-order valence-electron chi connectivity index (χ1n) is 6.34. The van der Waals surface area contributed by atoms with Gasteiger partial charge >= 0.3 is 11.7 Å². The van der Waals surface area contributed by atoms with Gasteiger partial charge in [0.15, 0.2) is 5.52 Å². The predicted molar refractivity (Wildman–Crippen MR) is 70.8 cm³/mol. The van der Waals surface area contributed by atoms with E-state index in [0.717, 1.165) is 12.8 Å². The highest BCUT2D eigenvalue weighted by molar-refractivity contribution is 5.95. The van der Waals surface area contributed by atoms with Gasteiger partial charge in [-0.25, -0.2) is 9.42 Å². The number of carbonyl (C=O) groups is 1. The minimum absolute atomic E-state index is 0.00599. The Balaban J connectivity index is 2.05. The van der Waals surface area contributed by atoms with E-state index >= 15 is 0 Å². The number of aromatic nitrogens is 2. The van der Waals surface area contributed by atoms with E-state index in [1.807, 2.05) is 0 Å². The van der Waals surface area contributed by atoms with E-state index in [1.54, 1.807) is 6.92 Å². The molecule has 9 heteroatoms. The largest absolute Gasteiger partial charge is 0.480 e. The summed E-state index contributed by atoms with van der Waals surface area (Å²) >= 11 is 0. The summed E-state index contributed by atoms with van der Waals surface area (Å²) in [4.78, 5) is 21.9. The molecule has 0 bridgehead atoms. The van der Waals surface area contributed by atoms with E-state index in [1.165, 1.54) is 12.1 Å². The average Bonchev–Trinajstić information content (AvgIpc) is 3.16. The quantitative estimate of drug-likeness (QED) is 0.629. The number of carboxylic acids is 1. The molecule has 0 aliphatic heterocycles. The molecule has 2 aromatic rings. The number of hydrogen-bond acceptors (Lipinski definition) is 7. The maximum atomic E-state index is 11.5. The van der Waals surface area contributed by atoms with Crippen molar-refractivity contribution >= 4 is 28.4 Å². The van der Waals surface area contributed by atoms with Crippen molar-refractivity contribution in [3.05, 3.63) is 22.2 Å². The number of fused-ring (bicyclic) bond motifs is 1. The number of rotatable bonds is 5. The summed E-state index contributed by atoms with van der Waals surface area (Å²) in [5.41, 5.74) is -0.887. The number of nitrogens with one attached hydrogen (secondary N) is 1. The number of aliphatic carboxylic acids is 1. The predicted octanol–water partition coefficient (Wildman–Crippen LogP) is 1.80. The Kier molecular flexibility index (Phi) is 2.78. The molecule has 1 aromatic carbocycles. The molecular weight excluding hydrogens is 280 g/mol. The number of nitro groups is 1. The van der Waals surface area contributed by atoms with E-state index in [9.17, 15) is 20.0 Å². The highest BCUT2D eigenvalue weighted by Crippen LogP contribution is 2.42. The molecule has 2 N–H and O–H groups in total. The number of nitrogens with zero attached hydrogens (tertiary/aromatic N) is 3. The fourth-order valence-electron chi connectivity index (χ4n) is 2.37. The van der Waals surface area contributed by atoms with Crippen molar-refractivity contribution in [2.24, 2.45) is 5.92 Å². The van der Waals surface area contributed by atoms with Crippen LogP contribution in [-0.2, 0) is 4.79 Å². The Morgan fingerprint density at radius 1 is 1.48 bits per heavy atom. The second kappa shape index (κ2) is 4.40. The lowest BCUT2D eigenvalue weighted by Crippen LogP contribution is -2.45. The highest BCUT2D eigenvalue weighted by atomic mass is 16.6. The van der Waals surface area contributed by atoms with Gasteiger partial charge in [0.1, 0.15) is 5.54 Å². The zero-order valence-corrected chi connectivity index (χ0v) is 11.1. The van der Waals surface area contributed by atoms with Crippen LogP contribution in [0.25, 0.3) is 11.0 Å². The minimum Gasteiger partial charge on any atom is -0.480 e. The standard InChI is InChI=1S/C12H12N4O5/c1-12(11(17)18,6-2-3-6)13-7-4-5-8(16(19)20)10-9(7)14-21-15-10/h4-6,13H,2-3H2,1H3,(H,17,18). The van der Waals surface area contributed by atoms with Gasteiger partial charge in [-0.3, -0.25) is 10.1 Å². The first-order chi connectivity index (χ1) is 9.93. The van der Waals surface area contributed by atoms with Crippen LogP contribution in [0.3, 0.4) is 0 Å². The molecule has 1 aromatic heterocycles. The first kappa shape index (κ1) is 13.3. The second-order valence-corrected chi connectivity index (χ2v) is 5.26. The van der Waals surface area contributed by atoms with Gasteiger partial charge < -0.3 is 10.4 Å². The number of benzene rings is 1. The SMILES string of the molecule is CC(Nc1ccc([N+](=O)[O-])c2nonc12)(C(=O)O)C1CC1. The minimum atomic E-state index is -1.15. The molecule has 3 rings (SSSR count). The second-order valence-electron chi connectivity index (χ2n) is 5.26. The van der Waals surface area contributed by atoms with E-state index in [-0.39, 0.29) is 22.6 Å². The maximum absolute atomic E-state index is 11.5. The summed E-state index contributed by atoms with van der Waals surface area (Å²) in [6.07, 6.45) is 1.64. The molecule has 0 saturated heterocycles. The van der Waals surface area contributed by atoms with Crippen molar-refractivity contribution < 1.29 is 19.5 Å². The smallest absolute Gasteiger partial charge is 0.329 e. The van der Waals surface area contributed by atoms with Crippen LogP contribution in [0.1, 0.15) is 19.8 Å². The molecule has 1 saturated carbocycles. The van der Waals surface area contributed by atoms with Crippen LogP contribution in [0, 0.1) is 16.0 Å². The fourth-order valence-corrected chi connectivity index (χ4v) is 2.37. The van der Waals surface area contributed by atoms with Crippen LogP contribution < -0.4 is 5.32 Å². The molecule has 0 spiro atoms. The van der Waals surface area contributed by atoms with Crippen LogP contribution in [0.2, 0.25) is 0 Å². The summed E-state index contributed by atoms with van der Waals surface area (Å²) in [6, 6.07) is 2.68. The number of carboxylic acid groups (broad SMARTS) is 1. The molecule has 1 aliphatic carbocycles. The third kappa shape index (κ3) is 2.06. The van der Waals surface area contributed by atoms with Gasteiger partial charge in [-0.1, -0.05) is 0 Å². The number of hydrogen-bond donors (Lipinski definition) is 2. The van der Waals surface area contributed by atoms with Crippen LogP contribution in [0.15, 0.2) is 16.8 Å². The molecule has 1 unspecified atom stereocenters. The molecule has 0 radical (unpaired) electrons. The summed E-state index contributed by atoms with van der Waals surface area (Å²) in [6.45, 7) is 1.59. The van der Waals surface area contributed by atoms with E-state index in [4.69, 9.17) is 0 Å². The third-order valence-electron chi connectivity index (χ3n) is 3.82. The lowest BCUT2D eigenvalue weighted by molar-refractivity contribution is -0.383. The van der Waals surface area contributed by atoms with E-state index in [0.29, 0.717) is 5.69 Å². The number of nitro benzene ring substituents is 1. The Hall–Kier alpha value is -2.71. The average molecular weight is 292 g/mol. The van der Waals surface area contributed by atoms with Gasteiger partial charge in [-0.2, -0.15) is 0 Å². The lowest BCUT2D eigenvalue weighted by atomic mass is 9.95. The highest BCUT2D eigenvalue weighted by Gasteiger charge is 2.48. The molecule has 21 heavy (non-hydrogen) atoms. The number of non-ortho nitro benzene ring substituents is 1. The van der Waals surface area contributed by atoms with Gasteiger partial charge in [-0.15, -0.1) is 0 Å². The van der Waals surface area contributed by atoms with Gasteiger partial charge in [0.25, 0.3) is 0 Å². The van der Waals surface area contributed by atoms with Crippen LogP contribution >= 0.6 is 0 Å². The molecule has 9 nitrogen and oxygen atoms in total. The van der Waals surface area contributed by atoms with Crippen molar-refractivity contribution in [2.75, 3.05) is 5.32 Å². The van der Waals surface area contributed by atoms with Crippen LogP contribution in [-0.4, -0.2) is 31.9 Å². The molecule has 1 fully saturated rings. The monoisotopic (exact) mass is 292 g/mol. The topological polar surface area (TPSA) is 131 Å². The van der Waals surface area contributed by atoms with Crippen molar-refractivity contribution in [1.82, 2.24) is 10.3 Å². The summed E-state index contributed by atoms with van der Waals surface area (Å²) in [7, 11) is 0. The number of anilines is 1. The summed E-state index contributed by atoms with van der Waals surface area (Å²) < 4.78 is 4.56. The van der Waals surface area contributed by atoms with Crippen molar-refractivity contribution in [3.8, 4) is 0 Å². The summed E-state index contributed by atoms with van der Waals surface area (Å²) in [5, 5.41) is 30.4. The fraction of sp³-hybridized carbons (Fsp3) is 0.417. The van der Waals surface area contributed by atoms with Crippen molar-refractivity contribution in [1.29, 1.82) is 0 Å². The van der Waals surface area contributed by atoms with Gasteiger partial charge in [0.2, 0.25) is 5.52 Å². The Morgan fingerprint density at radius 2 is 2.14 bits per heavy atom. The lowest BCUT2D eigenvalue weighted by Gasteiger charge is -2.27. The molecule has 1 aliphatic rings. The van der Waals surface area contributed by atoms with E-state index < -0.39 is 16.4 Å². The zero-order valence-electron chi connectivity index (χ0n) is 11.1. The summed E-state index contributed by atoms with van der Waals surface area (Å²) in [5.74, 6) is -0.965. The Bertz CT molecular complexity index is 738. The third-order valence-corrected chi connectivity index (χ3v) is 3.82. The molecule has 1 heterocycles. The van der Waals surface area contributed by atoms with Gasteiger partial charge in [0.05, 0.1) is 10.6 Å². The maximum Gasteiger partial charge on any atom is 0.329 e. The molecule has 1 atom stereocenters. The van der Waals surface area contributed by atoms with Crippen LogP contribution in [0.5, 0.6) is 0 Å². The first-order valence-corrected chi connectivity index (χ1v) is 6.34.